The van der Waals surface area contributed by atoms with Crippen molar-refractivity contribution < 1.29 is 9.90 Å². The molecular formula is C7H11NO2. The first-order valence-electron chi connectivity index (χ1n) is 2.49. The number of hydrogen-bond donors (Lipinski definition) is 2. The van der Waals surface area contributed by atoms with E-state index in [4.69, 9.17) is 9.90 Å². The lowest BCUT2D eigenvalue weighted by molar-refractivity contribution is -0.122. The van der Waals surface area contributed by atoms with Gasteiger partial charge in [0.2, 0.25) is 0 Å². The van der Waals surface area contributed by atoms with Crippen LogP contribution in [0.3, 0.4) is 0 Å². The van der Waals surface area contributed by atoms with E-state index in [0.717, 1.165) is 0 Å². The Labute approximate surface area is 59.9 Å². The van der Waals surface area contributed by atoms with Crippen molar-refractivity contribution in [2.75, 3.05) is 0 Å². The van der Waals surface area contributed by atoms with Crippen molar-refractivity contribution in [3.63, 3.8) is 0 Å². The molecule has 1 aromatic rings. The number of hydrogen-bond acceptors (Lipinski definition) is 2. The Bertz CT molecular complexity index is 115. The minimum atomic E-state index is -0.250. The molecule has 0 atom stereocenters. The molecule has 3 heteroatoms. The second kappa shape index (κ2) is 10.6. The molecule has 0 aliphatic carbocycles. The van der Waals surface area contributed by atoms with E-state index in [1.807, 2.05) is 36.4 Å². The lowest BCUT2D eigenvalue weighted by Gasteiger charge is -1.69. The summed E-state index contributed by atoms with van der Waals surface area (Å²) in [6.45, 7) is -0.250. The highest BCUT2D eigenvalue weighted by Gasteiger charge is 1.57. The Kier molecular flexibility index (Phi) is 12.1. The standard InChI is InChI=1S/C6H6.CH2O2.H3N/c1-2-4-6-5-3-1;2-1-3;/h1-6H;1H,(H,2,3);1H3. The first-order chi connectivity index (χ1) is 4.41. The summed E-state index contributed by atoms with van der Waals surface area (Å²) in [6.07, 6.45) is 0. The quantitative estimate of drug-likeness (QED) is 0.538. The van der Waals surface area contributed by atoms with Gasteiger partial charge in [0.25, 0.3) is 6.47 Å². The molecule has 4 N–H and O–H groups in total. The van der Waals surface area contributed by atoms with Crippen LogP contribution in [-0.2, 0) is 4.79 Å². The third-order valence-corrected chi connectivity index (χ3v) is 0.667. The van der Waals surface area contributed by atoms with Gasteiger partial charge >= 0.3 is 0 Å². The molecule has 10 heavy (non-hydrogen) atoms. The number of benzene rings is 1. The fraction of sp³-hybridized carbons (Fsp3) is 0. The van der Waals surface area contributed by atoms with Gasteiger partial charge in [-0.25, -0.2) is 0 Å². The van der Waals surface area contributed by atoms with Crippen molar-refractivity contribution >= 4 is 6.47 Å². The average molecular weight is 141 g/mol. The smallest absolute Gasteiger partial charge is 0.290 e. The zero-order valence-electron chi connectivity index (χ0n) is 5.60. The molecule has 0 amide bonds. The molecule has 0 radical (unpaired) electrons. The topological polar surface area (TPSA) is 72.3 Å². The minimum absolute atomic E-state index is 0. The van der Waals surface area contributed by atoms with E-state index in [-0.39, 0.29) is 12.6 Å². The molecule has 0 unspecified atom stereocenters. The van der Waals surface area contributed by atoms with E-state index in [2.05, 4.69) is 0 Å². The Morgan fingerprint density at radius 1 is 0.900 bits per heavy atom. The number of carbonyl (C=O) groups is 1. The third-order valence-electron chi connectivity index (χ3n) is 0.667. The lowest BCUT2D eigenvalue weighted by Crippen LogP contribution is -1.49. The third kappa shape index (κ3) is 9.82. The van der Waals surface area contributed by atoms with Gasteiger partial charge in [-0.1, -0.05) is 36.4 Å². The highest BCUT2D eigenvalue weighted by Crippen LogP contribution is 1.79. The van der Waals surface area contributed by atoms with E-state index in [0.29, 0.717) is 0 Å². The summed E-state index contributed by atoms with van der Waals surface area (Å²) in [4.78, 5) is 8.36. The van der Waals surface area contributed by atoms with Crippen LogP contribution in [-0.4, -0.2) is 11.6 Å². The molecule has 56 valence electrons. The molecule has 1 rings (SSSR count). The number of carboxylic acid groups (broad SMARTS) is 1. The highest BCUT2D eigenvalue weighted by molar-refractivity contribution is 5.32. The second-order valence-electron chi connectivity index (χ2n) is 1.26. The summed E-state index contributed by atoms with van der Waals surface area (Å²) in [5.74, 6) is 0. The molecule has 0 bridgehead atoms. The van der Waals surface area contributed by atoms with Crippen molar-refractivity contribution in [2.24, 2.45) is 0 Å². The fourth-order valence-corrected chi connectivity index (χ4v) is 0.385. The van der Waals surface area contributed by atoms with Crippen LogP contribution in [0.25, 0.3) is 0 Å². The van der Waals surface area contributed by atoms with Crippen LogP contribution >= 0.6 is 0 Å². The predicted octanol–water partition coefficient (Wildman–Crippen LogP) is 1.55. The van der Waals surface area contributed by atoms with Crippen molar-refractivity contribution in [3.8, 4) is 0 Å². The van der Waals surface area contributed by atoms with Gasteiger partial charge in [-0.15, -0.1) is 0 Å². The van der Waals surface area contributed by atoms with E-state index in [1.165, 1.54) is 0 Å². The van der Waals surface area contributed by atoms with Gasteiger partial charge in [-0.3, -0.25) is 4.79 Å². The maximum absolute atomic E-state index is 8.36. The zero-order chi connectivity index (χ0) is 6.95. The lowest BCUT2D eigenvalue weighted by atomic mass is 10.4. The Morgan fingerprint density at radius 3 is 1.10 bits per heavy atom. The molecule has 0 saturated heterocycles. The second-order valence-corrected chi connectivity index (χ2v) is 1.26. The minimum Gasteiger partial charge on any atom is -0.483 e. The van der Waals surface area contributed by atoms with Gasteiger partial charge in [0.1, 0.15) is 0 Å². The van der Waals surface area contributed by atoms with Crippen LogP contribution in [0.4, 0.5) is 0 Å². The molecule has 0 saturated carbocycles. The number of rotatable bonds is 0. The van der Waals surface area contributed by atoms with Crippen LogP contribution in [0.5, 0.6) is 0 Å². The van der Waals surface area contributed by atoms with Gasteiger partial charge in [0.05, 0.1) is 0 Å². The van der Waals surface area contributed by atoms with Gasteiger partial charge in [-0.05, 0) is 0 Å². The maximum Gasteiger partial charge on any atom is 0.290 e. The van der Waals surface area contributed by atoms with Crippen molar-refractivity contribution in [2.45, 2.75) is 0 Å². The Hall–Kier alpha value is -1.35. The monoisotopic (exact) mass is 141 g/mol. The van der Waals surface area contributed by atoms with Gasteiger partial charge in [0.15, 0.2) is 0 Å². The SMILES string of the molecule is N.O=CO.c1ccccc1. The summed E-state index contributed by atoms with van der Waals surface area (Å²) < 4.78 is 0. The Morgan fingerprint density at radius 2 is 1.00 bits per heavy atom. The summed E-state index contributed by atoms with van der Waals surface area (Å²) in [6, 6.07) is 12.0. The first-order valence-corrected chi connectivity index (χ1v) is 2.49. The molecular weight excluding hydrogens is 130 g/mol. The highest BCUT2D eigenvalue weighted by atomic mass is 16.3. The molecule has 0 fully saturated rings. The van der Waals surface area contributed by atoms with Crippen molar-refractivity contribution in [1.82, 2.24) is 6.15 Å². The van der Waals surface area contributed by atoms with Crippen molar-refractivity contribution in [3.05, 3.63) is 36.4 Å². The van der Waals surface area contributed by atoms with Crippen LogP contribution < -0.4 is 6.15 Å². The van der Waals surface area contributed by atoms with Crippen LogP contribution in [0.15, 0.2) is 36.4 Å². The summed E-state index contributed by atoms with van der Waals surface area (Å²) in [5.41, 5.74) is 0. The van der Waals surface area contributed by atoms with Gasteiger partial charge in [0, 0.05) is 0 Å². The fourth-order valence-electron chi connectivity index (χ4n) is 0.385. The largest absolute Gasteiger partial charge is 0.483 e. The van der Waals surface area contributed by atoms with Crippen LogP contribution in [0.2, 0.25) is 0 Å². The summed E-state index contributed by atoms with van der Waals surface area (Å²) >= 11 is 0. The van der Waals surface area contributed by atoms with E-state index >= 15 is 0 Å². The molecule has 0 aliphatic rings. The van der Waals surface area contributed by atoms with E-state index < -0.39 is 0 Å². The maximum atomic E-state index is 8.36. The normalized spacial score (nSPS) is 6.00. The van der Waals surface area contributed by atoms with E-state index in [9.17, 15) is 0 Å². The van der Waals surface area contributed by atoms with Crippen LogP contribution in [0.1, 0.15) is 0 Å². The van der Waals surface area contributed by atoms with Crippen molar-refractivity contribution in [1.29, 1.82) is 0 Å². The summed E-state index contributed by atoms with van der Waals surface area (Å²) in [7, 11) is 0. The molecule has 0 heterocycles. The molecule has 3 nitrogen and oxygen atoms in total. The Balaban J connectivity index is 0. The molecule has 1 aromatic carbocycles. The van der Waals surface area contributed by atoms with Gasteiger partial charge < -0.3 is 11.3 Å². The summed E-state index contributed by atoms with van der Waals surface area (Å²) in [5, 5.41) is 6.89. The van der Waals surface area contributed by atoms with E-state index in [1.54, 1.807) is 0 Å². The van der Waals surface area contributed by atoms with Gasteiger partial charge in [-0.2, -0.15) is 0 Å². The average Bonchev–Trinajstić information content (AvgIpc) is 1.93. The zero-order valence-corrected chi connectivity index (χ0v) is 5.60. The molecule has 0 aliphatic heterocycles. The van der Waals surface area contributed by atoms with Crippen LogP contribution in [0, 0.1) is 0 Å². The molecule has 0 spiro atoms. The first kappa shape index (κ1) is 11.4. The predicted molar refractivity (Wildman–Crippen MR) is 40.2 cm³/mol. The molecule has 0 aromatic heterocycles.